The lowest BCUT2D eigenvalue weighted by atomic mass is 10.2. The summed E-state index contributed by atoms with van der Waals surface area (Å²) in [5.74, 6) is 0.215. The number of benzene rings is 1. The molecule has 0 heterocycles. The summed E-state index contributed by atoms with van der Waals surface area (Å²) in [5.41, 5.74) is 6.15. The summed E-state index contributed by atoms with van der Waals surface area (Å²) in [6, 6.07) is 4.61. The number of hydrogen-bond donors (Lipinski definition) is 1. The Bertz CT molecular complexity index is 327. The van der Waals surface area contributed by atoms with Crippen LogP contribution in [0.15, 0.2) is 18.2 Å². The third-order valence-corrected chi connectivity index (χ3v) is 1.71. The second kappa shape index (κ2) is 3.60. The van der Waals surface area contributed by atoms with E-state index in [2.05, 4.69) is 4.74 Å². The van der Waals surface area contributed by atoms with Gasteiger partial charge in [-0.05, 0) is 17.7 Å². The predicted octanol–water partition coefficient (Wildman–Crippen LogP) is 1.81. The Morgan fingerprint density at radius 2 is 2.55 bits per heavy atom. The number of ether oxygens (including phenoxy) is 1. The third-order valence-electron chi connectivity index (χ3n) is 1.36. The molecule has 11 heavy (non-hydrogen) atoms. The highest BCUT2D eigenvalue weighted by Gasteiger charge is 1.98. The highest BCUT2D eigenvalue weighted by atomic mass is 35.5. The van der Waals surface area contributed by atoms with Gasteiger partial charge in [-0.3, -0.25) is 0 Å². The smallest absolute Gasteiger partial charge is 0.120 e. The summed E-state index contributed by atoms with van der Waals surface area (Å²) in [4.78, 5) is 0. The standard InChI is InChI=1S/C8H10ClNO/c1-11-7-3-2-6(5-10)8(9)4-7/h2-4H,5,10H2,1H3/i1D3. The molecule has 0 atom stereocenters. The maximum absolute atomic E-state index is 6.88. The molecular weight excluding hydrogens is 162 g/mol. The quantitative estimate of drug-likeness (QED) is 0.742. The van der Waals surface area contributed by atoms with Gasteiger partial charge in [-0.25, -0.2) is 0 Å². The van der Waals surface area contributed by atoms with Gasteiger partial charge in [0.25, 0.3) is 0 Å². The minimum Gasteiger partial charge on any atom is -0.497 e. The summed E-state index contributed by atoms with van der Waals surface area (Å²) >= 11 is 5.81. The third kappa shape index (κ3) is 1.85. The zero-order chi connectivity index (χ0) is 10.8. The van der Waals surface area contributed by atoms with Gasteiger partial charge in [0.2, 0.25) is 0 Å². The van der Waals surface area contributed by atoms with Gasteiger partial charge < -0.3 is 10.5 Å². The Hall–Kier alpha value is -0.730. The maximum atomic E-state index is 6.88. The molecule has 2 nitrogen and oxygen atoms in total. The van der Waals surface area contributed by atoms with Gasteiger partial charge in [-0.15, -0.1) is 0 Å². The molecule has 0 aliphatic carbocycles. The molecule has 0 unspecified atom stereocenters. The van der Waals surface area contributed by atoms with Crippen LogP contribution in [0.4, 0.5) is 0 Å². The lowest BCUT2D eigenvalue weighted by Crippen LogP contribution is -1.96. The van der Waals surface area contributed by atoms with E-state index >= 15 is 0 Å². The van der Waals surface area contributed by atoms with Crippen LogP contribution in [0.1, 0.15) is 9.68 Å². The fourth-order valence-corrected chi connectivity index (χ4v) is 1.00. The highest BCUT2D eigenvalue weighted by Crippen LogP contribution is 2.21. The summed E-state index contributed by atoms with van der Waals surface area (Å²) < 4.78 is 25.3. The van der Waals surface area contributed by atoms with Crippen molar-refractivity contribution in [1.82, 2.24) is 0 Å². The van der Waals surface area contributed by atoms with Crippen molar-refractivity contribution in [1.29, 1.82) is 0 Å². The van der Waals surface area contributed by atoms with Crippen molar-refractivity contribution in [3.8, 4) is 5.75 Å². The van der Waals surface area contributed by atoms with Gasteiger partial charge in [0.15, 0.2) is 0 Å². The van der Waals surface area contributed by atoms with Crippen LogP contribution >= 0.6 is 11.6 Å². The van der Waals surface area contributed by atoms with Crippen LogP contribution in [0.25, 0.3) is 0 Å². The first kappa shape index (κ1) is 5.01. The van der Waals surface area contributed by atoms with E-state index in [4.69, 9.17) is 21.4 Å². The van der Waals surface area contributed by atoms with E-state index in [0.717, 1.165) is 5.56 Å². The number of nitrogens with two attached hydrogens (primary N) is 1. The summed E-state index contributed by atoms with van der Waals surface area (Å²) in [7, 11) is -2.45. The highest BCUT2D eigenvalue weighted by molar-refractivity contribution is 6.31. The molecule has 0 aromatic heterocycles. The van der Waals surface area contributed by atoms with E-state index in [-0.39, 0.29) is 5.75 Å². The van der Waals surface area contributed by atoms with Crippen molar-refractivity contribution in [3.63, 3.8) is 0 Å². The largest absolute Gasteiger partial charge is 0.497 e. The van der Waals surface area contributed by atoms with Crippen molar-refractivity contribution in [2.75, 3.05) is 7.04 Å². The van der Waals surface area contributed by atoms with Crippen LogP contribution in [0.3, 0.4) is 0 Å². The molecule has 0 aliphatic rings. The Balaban J connectivity index is 2.87. The molecule has 3 heteroatoms. The second-order valence-corrected chi connectivity index (χ2v) is 2.47. The van der Waals surface area contributed by atoms with Crippen molar-refractivity contribution >= 4 is 11.6 Å². The van der Waals surface area contributed by atoms with Crippen LogP contribution in [-0.4, -0.2) is 7.04 Å². The van der Waals surface area contributed by atoms with Crippen molar-refractivity contribution in [2.24, 2.45) is 5.73 Å². The number of halogens is 1. The van der Waals surface area contributed by atoms with Crippen LogP contribution in [0.2, 0.25) is 5.02 Å². The normalized spacial score (nSPS) is 14.9. The number of hydrogen-bond acceptors (Lipinski definition) is 2. The van der Waals surface area contributed by atoms with E-state index in [9.17, 15) is 0 Å². The van der Waals surface area contributed by atoms with Crippen LogP contribution in [0.5, 0.6) is 5.75 Å². The van der Waals surface area contributed by atoms with E-state index in [0.29, 0.717) is 11.6 Å². The molecule has 0 spiro atoms. The lowest BCUT2D eigenvalue weighted by molar-refractivity contribution is 0.414. The molecule has 0 aliphatic heterocycles. The molecule has 0 radical (unpaired) electrons. The van der Waals surface area contributed by atoms with Gasteiger partial charge in [0, 0.05) is 11.6 Å². The monoisotopic (exact) mass is 174 g/mol. The molecule has 1 rings (SSSR count). The molecule has 0 fully saturated rings. The molecule has 2 N–H and O–H groups in total. The van der Waals surface area contributed by atoms with Crippen LogP contribution in [-0.2, 0) is 6.54 Å². The minimum atomic E-state index is -2.45. The summed E-state index contributed by atoms with van der Waals surface area (Å²) in [5, 5.41) is 0.411. The Labute approximate surface area is 75.1 Å². The van der Waals surface area contributed by atoms with E-state index in [1.54, 1.807) is 6.07 Å². The predicted molar refractivity (Wildman–Crippen MR) is 45.9 cm³/mol. The number of methoxy groups -OCH3 is 1. The van der Waals surface area contributed by atoms with Crippen LogP contribution < -0.4 is 10.5 Å². The molecule has 0 saturated carbocycles. The summed E-state index contributed by atoms with van der Waals surface area (Å²) in [6.45, 7) is 0.312. The first-order valence-corrected chi connectivity index (χ1v) is 3.48. The van der Waals surface area contributed by atoms with E-state index in [1.807, 2.05) is 0 Å². The van der Waals surface area contributed by atoms with Crippen molar-refractivity contribution in [3.05, 3.63) is 28.8 Å². The molecule has 0 amide bonds. The maximum Gasteiger partial charge on any atom is 0.120 e. The summed E-state index contributed by atoms with van der Waals surface area (Å²) in [6.07, 6.45) is 0. The molecule has 1 aromatic carbocycles. The Morgan fingerprint density at radius 1 is 1.73 bits per heavy atom. The van der Waals surface area contributed by atoms with Crippen molar-refractivity contribution in [2.45, 2.75) is 6.54 Å². The van der Waals surface area contributed by atoms with Gasteiger partial charge in [-0.1, -0.05) is 17.7 Å². The molecule has 0 saturated heterocycles. The van der Waals surface area contributed by atoms with Crippen molar-refractivity contribution < 1.29 is 8.85 Å². The zero-order valence-electron chi connectivity index (χ0n) is 8.80. The topological polar surface area (TPSA) is 35.2 Å². The molecule has 60 valence electrons. The SMILES string of the molecule is [2H]C([2H])([2H])Oc1ccc(CN)c(Cl)c1. The minimum absolute atomic E-state index is 0.215. The zero-order valence-corrected chi connectivity index (χ0v) is 6.56. The molecular formula is C8H10ClNO. The Morgan fingerprint density at radius 3 is 3.09 bits per heavy atom. The second-order valence-electron chi connectivity index (χ2n) is 2.06. The molecule has 0 bridgehead atoms. The van der Waals surface area contributed by atoms with E-state index < -0.39 is 7.04 Å². The Kier molecular flexibility index (Phi) is 1.64. The fourth-order valence-electron chi connectivity index (χ4n) is 0.757. The average Bonchev–Trinajstić information content (AvgIpc) is 2.01. The van der Waals surface area contributed by atoms with Gasteiger partial charge in [0.05, 0.1) is 11.2 Å². The fraction of sp³-hybridized carbons (Fsp3) is 0.250. The lowest BCUT2D eigenvalue weighted by Gasteiger charge is -2.03. The van der Waals surface area contributed by atoms with Gasteiger partial charge in [-0.2, -0.15) is 0 Å². The first-order chi connectivity index (χ1) is 6.42. The van der Waals surface area contributed by atoms with Gasteiger partial charge in [0.1, 0.15) is 5.75 Å². The average molecular weight is 175 g/mol. The number of rotatable bonds is 2. The van der Waals surface area contributed by atoms with E-state index in [1.165, 1.54) is 12.1 Å². The first-order valence-electron chi connectivity index (χ1n) is 4.60. The van der Waals surface area contributed by atoms with Gasteiger partial charge >= 0.3 is 0 Å². The molecule has 1 aromatic rings. The van der Waals surface area contributed by atoms with Crippen LogP contribution in [0, 0.1) is 0 Å².